The summed E-state index contributed by atoms with van der Waals surface area (Å²) >= 11 is 2.08. The third-order valence-corrected chi connectivity index (χ3v) is 4.34. The molecule has 0 aliphatic heterocycles. The Morgan fingerprint density at radius 1 is 1.25 bits per heavy atom. The maximum absolute atomic E-state index is 12.2. The van der Waals surface area contributed by atoms with Crippen molar-refractivity contribution in [3.8, 4) is 0 Å². The summed E-state index contributed by atoms with van der Waals surface area (Å²) in [7, 11) is 1.68. The van der Waals surface area contributed by atoms with Gasteiger partial charge in [-0.25, -0.2) is 4.79 Å². The van der Waals surface area contributed by atoms with Gasteiger partial charge in [0.15, 0.2) is 6.61 Å². The summed E-state index contributed by atoms with van der Waals surface area (Å²) in [6.45, 7) is 2.79. The highest BCUT2D eigenvalue weighted by atomic mass is 127. The molecular weight excluding hydrogens is 425 g/mol. The second-order valence-electron chi connectivity index (χ2n) is 5.10. The quantitative estimate of drug-likeness (QED) is 0.332. The first-order valence-corrected chi connectivity index (χ1v) is 8.15. The number of benzene rings is 1. The first-order chi connectivity index (χ1) is 11.3. The minimum Gasteiger partial charge on any atom is -0.450 e. The molecule has 1 amide bonds. The average Bonchev–Trinajstić information content (AvgIpc) is 2.79. The van der Waals surface area contributed by atoms with E-state index in [-0.39, 0.29) is 5.56 Å². The zero-order valence-corrected chi connectivity index (χ0v) is 15.6. The molecule has 7 nitrogen and oxygen atoms in total. The van der Waals surface area contributed by atoms with E-state index in [2.05, 4.69) is 33.0 Å². The van der Waals surface area contributed by atoms with Crippen molar-refractivity contribution in [3.05, 3.63) is 44.8 Å². The maximum Gasteiger partial charge on any atom is 0.380 e. The smallest absolute Gasteiger partial charge is 0.380 e. The van der Waals surface area contributed by atoms with Gasteiger partial charge < -0.3 is 10.1 Å². The molecule has 8 heteroatoms. The van der Waals surface area contributed by atoms with Gasteiger partial charge in [-0.2, -0.15) is 5.10 Å². The fourth-order valence-electron chi connectivity index (χ4n) is 2.15. The fourth-order valence-corrected chi connectivity index (χ4v) is 2.67. The Labute approximate surface area is 152 Å². The van der Waals surface area contributed by atoms with E-state index in [4.69, 9.17) is 4.74 Å². The molecule has 0 spiro atoms. The summed E-state index contributed by atoms with van der Waals surface area (Å²) in [5.41, 5.74) is 1.84. The third kappa shape index (κ3) is 3.99. The van der Waals surface area contributed by atoms with Crippen LogP contribution in [0.2, 0.25) is 0 Å². The Balaban J connectivity index is 1.96. The number of halogens is 1. The molecule has 1 aromatic heterocycles. The van der Waals surface area contributed by atoms with Gasteiger partial charge >= 0.3 is 5.97 Å². The molecule has 0 atom stereocenters. The molecule has 2 aromatic rings. The Hall–Kier alpha value is -2.23. The molecule has 0 saturated carbocycles. The number of nitrogens with one attached hydrogen (secondary N) is 1. The van der Waals surface area contributed by atoms with Crippen molar-refractivity contribution >= 4 is 45.9 Å². The third-order valence-electron chi connectivity index (χ3n) is 3.40. The number of aryl methyl sites for hydroxylation is 2. The van der Waals surface area contributed by atoms with Crippen LogP contribution >= 0.6 is 22.6 Å². The largest absolute Gasteiger partial charge is 0.450 e. The van der Waals surface area contributed by atoms with E-state index in [9.17, 15) is 14.4 Å². The second kappa shape index (κ2) is 7.56. The van der Waals surface area contributed by atoms with Crippen molar-refractivity contribution < 1.29 is 19.1 Å². The number of ketones is 1. The van der Waals surface area contributed by atoms with Gasteiger partial charge in [0.1, 0.15) is 0 Å². The lowest BCUT2D eigenvalue weighted by Crippen LogP contribution is -2.25. The molecule has 126 valence electrons. The Morgan fingerprint density at radius 2 is 1.92 bits per heavy atom. The molecule has 0 unspecified atom stereocenters. The van der Waals surface area contributed by atoms with Crippen molar-refractivity contribution in [1.82, 2.24) is 9.78 Å². The van der Waals surface area contributed by atoms with Crippen LogP contribution in [0.3, 0.4) is 0 Å². The number of Topliss-reactive ketones (excluding diaryl/α,β-unsaturated/α-hetero) is 1. The average molecular weight is 441 g/mol. The maximum atomic E-state index is 12.2. The molecule has 0 saturated heterocycles. The van der Waals surface area contributed by atoms with E-state index in [1.807, 2.05) is 12.1 Å². The molecule has 0 aliphatic rings. The summed E-state index contributed by atoms with van der Waals surface area (Å²) in [5, 5.41) is 6.70. The summed E-state index contributed by atoms with van der Waals surface area (Å²) in [6, 6.07) is 7.19. The highest BCUT2D eigenvalue weighted by molar-refractivity contribution is 14.1. The van der Waals surface area contributed by atoms with Gasteiger partial charge in [-0.1, -0.05) is 12.1 Å². The van der Waals surface area contributed by atoms with E-state index in [0.717, 1.165) is 3.57 Å². The SMILES string of the molecule is Cc1nn(C)c(C)c1C(=O)C(=O)OCC(=O)Nc1ccccc1I. The molecule has 0 bridgehead atoms. The first-order valence-electron chi connectivity index (χ1n) is 7.07. The molecule has 0 fully saturated rings. The summed E-state index contributed by atoms with van der Waals surface area (Å²) < 4.78 is 7.18. The standard InChI is InChI=1S/C16H16IN3O4/c1-9-14(10(2)20(3)19-9)15(22)16(23)24-8-13(21)18-12-7-5-4-6-11(12)17/h4-7H,8H2,1-3H3,(H,18,21). The lowest BCUT2D eigenvalue weighted by Gasteiger charge is -2.07. The van der Waals surface area contributed by atoms with Gasteiger partial charge in [-0.05, 0) is 48.6 Å². The molecule has 24 heavy (non-hydrogen) atoms. The van der Waals surface area contributed by atoms with E-state index >= 15 is 0 Å². The van der Waals surface area contributed by atoms with Gasteiger partial charge in [-0.15, -0.1) is 0 Å². The molecule has 1 N–H and O–H groups in total. The van der Waals surface area contributed by atoms with Crippen LogP contribution in [-0.2, 0) is 21.4 Å². The molecule has 1 heterocycles. The van der Waals surface area contributed by atoms with Gasteiger partial charge in [0.05, 0.1) is 16.9 Å². The van der Waals surface area contributed by atoms with E-state index in [1.165, 1.54) is 4.68 Å². The minimum atomic E-state index is -1.08. The Kier molecular flexibility index (Phi) is 5.71. The predicted octanol–water partition coefficient (Wildman–Crippen LogP) is 2.01. The number of anilines is 1. The zero-order chi connectivity index (χ0) is 17.9. The molecule has 2 rings (SSSR count). The number of hydrogen-bond donors (Lipinski definition) is 1. The Morgan fingerprint density at radius 3 is 2.50 bits per heavy atom. The number of esters is 1. The van der Waals surface area contributed by atoms with Crippen molar-refractivity contribution in [3.63, 3.8) is 0 Å². The van der Waals surface area contributed by atoms with Crippen molar-refractivity contribution in [1.29, 1.82) is 0 Å². The number of carbonyl (C=O) groups excluding carboxylic acids is 3. The summed E-state index contributed by atoms with van der Waals surface area (Å²) in [4.78, 5) is 35.9. The number of amides is 1. The van der Waals surface area contributed by atoms with Gasteiger partial charge in [0, 0.05) is 16.3 Å². The van der Waals surface area contributed by atoms with Crippen molar-refractivity contribution in [2.24, 2.45) is 7.05 Å². The zero-order valence-electron chi connectivity index (χ0n) is 13.4. The number of carbonyl (C=O) groups is 3. The van der Waals surface area contributed by atoms with Crippen molar-refractivity contribution in [2.75, 3.05) is 11.9 Å². The van der Waals surface area contributed by atoms with Crippen LogP contribution in [0.25, 0.3) is 0 Å². The summed E-state index contributed by atoms with van der Waals surface area (Å²) in [5.74, 6) is -2.40. The lowest BCUT2D eigenvalue weighted by molar-refractivity contribution is -0.142. The van der Waals surface area contributed by atoms with Gasteiger partial charge in [-0.3, -0.25) is 14.3 Å². The van der Waals surface area contributed by atoms with Crippen LogP contribution in [-0.4, -0.2) is 34.0 Å². The number of para-hydroxylation sites is 1. The Bertz CT molecular complexity index is 814. The molecular formula is C16H16IN3O4. The second-order valence-corrected chi connectivity index (χ2v) is 6.26. The molecule has 0 aliphatic carbocycles. The van der Waals surface area contributed by atoms with Gasteiger partial charge in [0.25, 0.3) is 11.7 Å². The van der Waals surface area contributed by atoms with Crippen LogP contribution in [0.15, 0.2) is 24.3 Å². The predicted molar refractivity (Wildman–Crippen MR) is 95.8 cm³/mol. The lowest BCUT2D eigenvalue weighted by atomic mass is 10.1. The van der Waals surface area contributed by atoms with Crippen LogP contribution in [0.4, 0.5) is 5.69 Å². The van der Waals surface area contributed by atoms with Crippen LogP contribution in [0, 0.1) is 17.4 Å². The van der Waals surface area contributed by atoms with E-state index in [0.29, 0.717) is 17.1 Å². The minimum absolute atomic E-state index is 0.209. The monoisotopic (exact) mass is 441 g/mol. The highest BCUT2D eigenvalue weighted by Crippen LogP contribution is 2.17. The van der Waals surface area contributed by atoms with Crippen LogP contribution in [0.1, 0.15) is 21.7 Å². The summed E-state index contributed by atoms with van der Waals surface area (Å²) in [6.07, 6.45) is 0. The topological polar surface area (TPSA) is 90.3 Å². The normalized spacial score (nSPS) is 10.3. The van der Waals surface area contributed by atoms with Crippen LogP contribution in [0.5, 0.6) is 0 Å². The number of hydrogen-bond acceptors (Lipinski definition) is 5. The number of ether oxygens (including phenoxy) is 1. The number of nitrogens with zero attached hydrogens (tertiary/aromatic N) is 2. The number of rotatable bonds is 5. The first kappa shape index (κ1) is 18.1. The van der Waals surface area contributed by atoms with Crippen LogP contribution < -0.4 is 5.32 Å². The molecule has 0 radical (unpaired) electrons. The van der Waals surface area contributed by atoms with Gasteiger partial charge in [0.2, 0.25) is 0 Å². The fraction of sp³-hybridized carbons (Fsp3) is 0.250. The van der Waals surface area contributed by atoms with E-state index in [1.54, 1.807) is 33.0 Å². The molecule has 1 aromatic carbocycles. The van der Waals surface area contributed by atoms with E-state index < -0.39 is 24.3 Å². The number of aromatic nitrogens is 2. The van der Waals surface area contributed by atoms with Crippen molar-refractivity contribution in [2.45, 2.75) is 13.8 Å². The highest BCUT2D eigenvalue weighted by Gasteiger charge is 2.25.